The topological polar surface area (TPSA) is 103 Å². The maximum atomic E-state index is 12.7. The summed E-state index contributed by atoms with van der Waals surface area (Å²) < 4.78 is 1.95. The maximum Gasteiger partial charge on any atom is 0.251 e. The molecule has 0 spiro atoms. The monoisotopic (exact) mass is 441 g/mol. The summed E-state index contributed by atoms with van der Waals surface area (Å²) in [5.41, 5.74) is 9.19. The van der Waals surface area contributed by atoms with E-state index in [1.807, 2.05) is 42.7 Å². The van der Waals surface area contributed by atoms with Gasteiger partial charge in [0.05, 0.1) is 17.0 Å². The lowest BCUT2D eigenvalue weighted by Gasteiger charge is -2.11. The molecule has 30 heavy (non-hydrogen) atoms. The molecule has 1 aliphatic carbocycles. The minimum atomic E-state index is -0.479. The zero-order chi connectivity index (χ0) is 21.3. The summed E-state index contributed by atoms with van der Waals surface area (Å²) in [7, 11) is 0. The van der Waals surface area contributed by atoms with Crippen LogP contribution in [0.1, 0.15) is 45.0 Å². The smallest absolute Gasteiger partial charge is 0.251 e. The number of benzene rings is 1. The standard InChI is InChI=1S/C21H23N5O2S2/c1-12-7-3-5-9-15(12)26-13(2)24-25-21(26)29-11-17(27)23-20-18(19(22)28)14-8-4-6-10-16(14)30-20/h3,5,7,9H,4,6,8,10-11H2,1-2H3,(H2,22,28)(H,23,27). The number of thioether (sulfide) groups is 1. The van der Waals surface area contributed by atoms with Crippen molar-refractivity contribution in [2.45, 2.75) is 44.7 Å². The Morgan fingerprint density at radius 1 is 1.20 bits per heavy atom. The Morgan fingerprint density at radius 3 is 2.73 bits per heavy atom. The van der Waals surface area contributed by atoms with Gasteiger partial charge in [0.2, 0.25) is 5.91 Å². The van der Waals surface area contributed by atoms with E-state index in [1.54, 1.807) is 0 Å². The summed E-state index contributed by atoms with van der Waals surface area (Å²) in [6.07, 6.45) is 3.92. The van der Waals surface area contributed by atoms with Crippen LogP contribution in [0.5, 0.6) is 0 Å². The predicted molar refractivity (Wildman–Crippen MR) is 120 cm³/mol. The van der Waals surface area contributed by atoms with Gasteiger partial charge in [-0.2, -0.15) is 0 Å². The molecule has 2 amide bonds. The molecule has 0 bridgehead atoms. The van der Waals surface area contributed by atoms with Gasteiger partial charge in [0.15, 0.2) is 5.16 Å². The second kappa shape index (κ2) is 8.61. The quantitative estimate of drug-likeness (QED) is 0.568. The van der Waals surface area contributed by atoms with E-state index in [1.165, 1.54) is 23.1 Å². The lowest BCUT2D eigenvalue weighted by molar-refractivity contribution is -0.113. The number of rotatable bonds is 6. The highest BCUT2D eigenvalue weighted by Crippen LogP contribution is 2.38. The van der Waals surface area contributed by atoms with E-state index in [0.29, 0.717) is 15.7 Å². The average Bonchev–Trinajstić information content (AvgIpc) is 3.26. The van der Waals surface area contributed by atoms with Crippen molar-refractivity contribution in [2.24, 2.45) is 5.73 Å². The largest absolute Gasteiger partial charge is 0.365 e. The number of aryl methyl sites for hydroxylation is 3. The third-order valence-corrected chi connectivity index (χ3v) is 7.29. The van der Waals surface area contributed by atoms with Gasteiger partial charge in [0.25, 0.3) is 5.91 Å². The Labute approximate surface area is 183 Å². The van der Waals surface area contributed by atoms with Gasteiger partial charge in [-0.05, 0) is 56.7 Å². The van der Waals surface area contributed by atoms with Crippen LogP contribution in [0.25, 0.3) is 5.69 Å². The fraction of sp³-hybridized carbons (Fsp3) is 0.333. The SMILES string of the molecule is Cc1ccccc1-n1c(C)nnc1SCC(=O)Nc1sc2c(c1C(N)=O)CCCC2. The van der Waals surface area contributed by atoms with Crippen LogP contribution in [0.2, 0.25) is 0 Å². The molecule has 0 saturated heterocycles. The van der Waals surface area contributed by atoms with Crippen LogP contribution in [0.15, 0.2) is 29.4 Å². The molecule has 156 valence electrons. The van der Waals surface area contributed by atoms with Crippen LogP contribution >= 0.6 is 23.1 Å². The zero-order valence-electron chi connectivity index (χ0n) is 16.9. The van der Waals surface area contributed by atoms with E-state index in [9.17, 15) is 9.59 Å². The molecule has 0 fully saturated rings. The van der Waals surface area contributed by atoms with Crippen molar-refractivity contribution < 1.29 is 9.59 Å². The second-order valence-electron chi connectivity index (χ2n) is 7.27. The summed E-state index contributed by atoms with van der Waals surface area (Å²) in [5.74, 6) is 0.240. The minimum Gasteiger partial charge on any atom is -0.365 e. The van der Waals surface area contributed by atoms with Crippen molar-refractivity contribution in [3.63, 3.8) is 0 Å². The summed E-state index contributed by atoms with van der Waals surface area (Å²) in [5, 5.41) is 12.5. The van der Waals surface area contributed by atoms with Crippen molar-refractivity contribution in [1.82, 2.24) is 14.8 Å². The van der Waals surface area contributed by atoms with Crippen LogP contribution in [0.3, 0.4) is 0 Å². The highest BCUT2D eigenvalue weighted by molar-refractivity contribution is 7.99. The van der Waals surface area contributed by atoms with Gasteiger partial charge in [-0.3, -0.25) is 14.2 Å². The third kappa shape index (κ3) is 3.99. The molecule has 9 heteroatoms. The number of aromatic nitrogens is 3. The lowest BCUT2D eigenvalue weighted by atomic mass is 9.95. The number of primary amides is 1. The van der Waals surface area contributed by atoms with E-state index < -0.39 is 5.91 Å². The molecule has 1 aromatic carbocycles. The molecule has 0 aliphatic heterocycles. The number of hydrogen-bond acceptors (Lipinski definition) is 6. The van der Waals surface area contributed by atoms with Gasteiger partial charge in [-0.1, -0.05) is 30.0 Å². The van der Waals surface area contributed by atoms with E-state index >= 15 is 0 Å². The van der Waals surface area contributed by atoms with Crippen LogP contribution in [-0.4, -0.2) is 32.3 Å². The van der Waals surface area contributed by atoms with Gasteiger partial charge < -0.3 is 11.1 Å². The van der Waals surface area contributed by atoms with Crippen molar-refractivity contribution in [2.75, 3.05) is 11.1 Å². The first-order valence-electron chi connectivity index (χ1n) is 9.80. The Hall–Kier alpha value is -2.65. The number of carbonyl (C=O) groups is 2. The molecule has 7 nitrogen and oxygen atoms in total. The Morgan fingerprint density at radius 2 is 1.97 bits per heavy atom. The van der Waals surface area contributed by atoms with E-state index in [0.717, 1.165) is 53.2 Å². The van der Waals surface area contributed by atoms with Crippen molar-refractivity contribution in [1.29, 1.82) is 0 Å². The number of anilines is 1. The molecule has 2 aromatic heterocycles. The van der Waals surface area contributed by atoms with Gasteiger partial charge >= 0.3 is 0 Å². The van der Waals surface area contributed by atoms with Crippen LogP contribution in [0, 0.1) is 13.8 Å². The Bertz CT molecular complexity index is 1120. The fourth-order valence-electron chi connectivity index (χ4n) is 3.74. The number of carbonyl (C=O) groups excluding carboxylic acids is 2. The van der Waals surface area contributed by atoms with Crippen molar-refractivity contribution >= 4 is 39.9 Å². The number of nitrogens with two attached hydrogens (primary N) is 1. The number of nitrogens with one attached hydrogen (secondary N) is 1. The zero-order valence-corrected chi connectivity index (χ0v) is 18.5. The molecule has 0 radical (unpaired) electrons. The van der Waals surface area contributed by atoms with Crippen molar-refractivity contribution in [3.05, 3.63) is 51.7 Å². The highest BCUT2D eigenvalue weighted by atomic mass is 32.2. The number of amides is 2. The fourth-order valence-corrected chi connectivity index (χ4v) is 5.84. The normalized spacial score (nSPS) is 13.1. The molecule has 1 aliphatic rings. The number of thiophene rings is 1. The maximum absolute atomic E-state index is 12.7. The van der Waals surface area contributed by atoms with Crippen LogP contribution in [-0.2, 0) is 17.6 Å². The van der Waals surface area contributed by atoms with Gasteiger partial charge in [0, 0.05) is 4.88 Å². The summed E-state index contributed by atoms with van der Waals surface area (Å²) in [4.78, 5) is 25.8. The highest BCUT2D eigenvalue weighted by Gasteiger charge is 2.25. The first kappa shape index (κ1) is 20.6. The Balaban J connectivity index is 1.50. The molecular formula is C21H23N5O2S2. The number of nitrogens with zero attached hydrogens (tertiary/aromatic N) is 3. The molecule has 0 atom stereocenters. The second-order valence-corrected chi connectivity index (χ2v) is 9.32. The van der Waals surface area contributed by atoms with Crippen LogP contribution in [0.4, 0.5) is 5.00 Å². The number of para-hydroxylation sites is 1. The van der Waals surface area contributed by atoms with Crippen molar-refractivity contribution in [3.8, 4) is 5.69 Å². The molecular weight excluding hydrogens is 418 g/mol. The molecule has 3 aromatic rings. The van der Waals surface area contributed by atoms with E-state index in [2.05, 4.69) is 15.5 Å². The van der Waals surface area contributed by atoms with Gasteiger partial charge in [0.1, 0.15) is 10.8 Å². The van der Waals surface area contributed by atoms with E-state index in [-0.39, 0.29) is 11.7 Å². The first-order chi connectivity index (χ1) is 14.5. The predicted octanol–water partition coefficient (Wildman–Crippen LogP) is 3.65. The number of fused-ring (bicyclic) bond motifs is 1. The molecule has 4 rings (SSSR count). The summed E-state index contributed by atoms with van der Waals surface area (Å²) in [6.45, 7) is 3.92. The molecule has 2 heterocycles. The average molecular weight is 442 g/mol. The molecule has 3 N–H and O–H groups in total. The van der Waals surface area contributed by atoms with Crippen LogP contribution < -0.4 is 11.1 Å². The summed E-state index contributed by atoms with van der Waals surface area (Å²) >= 11 is 2.78. The molecule has 0 saturated carbocycles. The van der Waals surface area contributed by atoms with Gasteiger partial charge in [-0.15, -0.1) is 21.5 Å². The minimum absolute atomic E-state index is 0.158. The number of hydrogen-bond donors (Lipinski definition) is 2. The summed E-state index contributed by atoms with van der Waals surface area (Å²) in [6, 6.07) is 7.98. The van der Waals surface area contributed by atoms with Gasteiger partial charge in [-0.25, -0.2) is 0 Å². The first-order valence-corrected chi connectivity index (χ1v) is 11.6. The Kier molecular flexibility index (Phi) is 5.92. The molecule has 0 unspecified atom stereocenters. The van der Waals surface area contributed by atoms with E-state index in [4.69, 9.17) is 5.73 Å². The third-order valence-electron chi connectivity index (χ3n) is 5.15. The lowest BCUT2D eigenvalue weighted by Crippen LogP contribution is -2.19.